The number of anilines is 1. The van der Waals surface area contributed by atoms with E-state index in [1.807, 2.05) is 18.2 Å². The largest absolute Gasteiger partial charge is 0.497 e. The van der Waals surface area contributed by atoms with Crippen LogP contribution >= 0.6 is 0 Å². The zero-order valence-electron chi connectivity index (χ0n) is 13.3. The molecule has 0 radical (unpaired) electrons. The highest BCUT2D eigenvalue weighted by atomic mass is 16.5. The van der Waals surface area contributed by atoms with E-state index < -0.39 is 0 Å². The normalized spacial score (nSPS) is 16.5. The molecule has 0 bridgehead atoms. The highest BCUT2D eigenvalue weighted by Crippen LogP contribution is 2.32. The Balaban J connectivity index is 1.83. The Labute approximate surface area is 135 Å². The molecule has 6 heteroatoms. The number of rotatable bonds is 3. The fourth-order valence-electron chi connectivity index (χ4n) is 3.01. The third-order valence-corrected chi connectivity index (χ3v) is 4.07. The van der Waals surface area contributed by atoms with Crippen LogP contribution in [0.25, 0.3) is 0 Å². The van der Waals surface area contributed by atoms with Crippen molar-refractivity contribution in [3.63, 3.8) is 0 Å². The molecule has 1 aliphatic rings. The van der Waals surface area contributed by atoms with Gasteiger partial charge in [0.1, 0.15) is 11.4 Å². The van der Waals surface area contributed by atoms with Crippen LogP contribution in [0.2, 0.25) is 0 Å². The summed E-state index contributed by atoms with van der Waals surface area (Å²) in [5.74, 6) is 0.731. The van der Waals surface area contributed by atoms with Crippen molar-refractivity contribution in [2.24, 2.45) is 0 Å². The Hall–Kier alpha value is -2.63. The molecule has 1 atom stereocenters. The topological polar surface area (TPSA) is 90.1 Å². The second-order valence-corrected chi connectivity index (χ2v) is 5.74. The van der Waals surface area contributed by atoms with Gasteiger partial charge in [0.2, 0.25) is 5.95 Å². The summed E-state index contributed by atoms with van der Waals surface area (Å²) in [5, 5.41) is 3.06. The van der Waals surface area contributed by atoms with E-state index in [2.05, 4.69) is 15.3 Å². The summed E-state index contributed by atoms with van der Waals surface area (Å²) in [6.45, 7) is 1.79. The Bertz CT molecular complexity index is 725. The lowest BCUT2D eigenvalue weighted by atomic mass is 9.87. The van der Waals surface area contributed by atoms with Gasteiger partial charge in [-0.3, -0.25) is 4.79 Å². The number of amides is 1. The van der Waals surface area contributed by atoms with E-state index >= 15 is 0 Å². The van der Waals surface area contributed by atoms with Crippen molar-refractivity contribution in [2.75, 3.05) is 12.8 Å². The van der Waals surface area contributed by atoms with Crippen LogP contribution in [-0.4, -0.2) is 23.0 Å². The van der Waals surface area contributed by atoms with Crippen molar-refractivity contribution in [2.45, 2.75) is 32.2 Å². The molecular weight excluding hydrogens is 292 g/mol. The van der Waals surface area contributed by atoms with Crippen molar-refractivity contribution in [1.29, 1.82) is 0 Å². The fraction of sp³-hybridized carbons (Fsp3) is 0.353. The highest BCUT2D eigenvalue weighted by molar-refractivity contribution is 5.92. The number of carbonyl (C=O) groups is 1. The lowest BCUT2D eigenvalue weighted by molar-refractivity contribution is 0.0927. The summed E-state index contributed by atoms with van der Waals surface area (Å²) in [7, 11) is 1.66. The van der Waals surface area contributed by atoms with Crippen molar-refractivity contribution in [3.8, 4) is 5.75 Å². The van der Waals surface area contributed by atoms with E-state index in [4.69, 9.17) is 10.5 Å². The number of benzene rings is 1. The number of aryl methyl sites for hydroxylation is 2. The number of hydrogen-bond acceptors (Lipinski definition) is 5. The van der Waals surface area contributed by atoms with Gasteiger partial charge in [-0.15, -0.1) is 0 Å². The highest BCUT2D eigenvalue weighted by Gasteiger charge is 2.23. The number of nitrogens with one attached hydrogen (secondary N) is 1. The molecule has 1 aromatic heterocycles. The van der Waals surface area contributed by atoms with E-state index in [9.17, 15) is 4.79 Å². The smallest absolute Gasteiger partial charge is 0.270 e. The molecule has 3 rings (SSSR count). The quantitative estimate of drug-likeness (QED) is 0.906. The minimum atomic E-state index is -0.226. The molecular formula is C17H20N4O2. The van der Waals surface area contributed by atoms with Crippen LogP contribution in [0.3, 0.4) is 0 Å². The van der Waals surface area contributed by atoms with Gasteiger partial charge >= 0.3 is 0 Å². The van der Waals surface area contributed by atoms with Gasteiger partial charge in [0.15, 0.2) is 0 Å². The first kappa shape index (κ1) is 15.3. The maximum atomic E-state index is 12.5. The lowest BCUT2D eigenvalue weighted by Gasteiger charge is -2.26. The Kier molecular flexibility index (Phi) is 4.14. The molecule has 0 saturated carbocycles. The monoisotopic (exact) mass is 312 g/mol. The molecule has 3 N–H and O–H groups in total. The summed E-state index contributed by atoms with van der Waals surface area (Å²) in [4.78, 5) is 20.5. The van der Waals surface area contributed by atoms with E-state index in [0.29, 0.717) is 11.4 Å². The Morgan fingerprint density at radius 2 is 2.17 bits per heavy atom. The van der Waals surface area contributed by atoms with E-state index in [0.717, 1.165) is 30.6 Å². The van der Waals surface area contributed by atoms with E-state index in [1.54, 1.807) is 20.1 Å². The number of fused-ring (bicyclic) bond motifs is 1. The molecule has 1 heterocycles. The maximum Gasteiger partial charge on any atom is 0.270 e. The van der Waals surface area contributed by atoms with Gasteiger partial charge in [0.25, 0.3) is 5.91 Å². The molecule has 1 aliphatic carbocycles. The molecule has 0 spiro atoms. The zero-order valence-corrected chi connectivity index (χ0v) is 13.3. The standard InChI is InChI=1S/C17H20N4O2/c1-10-8-15(21-17(18)19-10)16(22)20-14-5-3-4-11-9-12(23-2)6-7-13(11)14/h6-9,14H,3-5H2,1-2H3,(H,20,22)(H2,18,19,21)/t14-/m0/s1. The first-order valence-corrected chi connectivity index (χ1v) is 7.65. The second kappa shape index (κ2) is 6.24. The van der Waals surface area contributed by atoms with Gasteiger partial charge in [-0.2, -0.15) is 0 Å². The molecule has 2 aromatic rings. The number of nitrogens with two attached hydrogens (primary N) is 1. The lowest BCUT2D eigenvalue weighted by Crippen LogP contribution is -2.31. The molecule has 0 fully saturated rings. The number of nitrogens with zero attached hydrogens (tertiary/aromatic N) is 2. The van der Waals surface area contributed by atoms with Gasteiger partial charge < -0.3 is 15.8 Å². The Morgan fingerprint density at radius 1 is 1.35 bits per heavy atom. The first-order chi connectivity index (χ1) is 11.1. The third kappa shape index (κ3) is 3.26. The number of carbonyl (C=O) groups excluding carboxylic acids is 1. The van der Waals surface area contributed by atoms with Gasteiger partial charge in [-0.25, -0.2) is 9.97 Å². The summed E-state index contributed by atoms with van der Waals surface area (Å²) in [6.07, 6.45) is 2.93. The van der Waals surface area contributed by atoms with Gasteiger partial charge in [0, 0.05) is 5.69 Å². The number of nitrogen functional groups attached to an aromatic ring is 1. The van der Waals surface area contributed by atoms with E-state index in [-0.39, 0.29) is 17.9 Å². The second-order valence-electron chi connectivity index (χ2n) is 5.74. The molecule has 120 valence electrons. The third-order valence-electron chi connectivity index (χ3n) is 4.07. The zero-order chi connectivity index (χ0) is 16.4. The molecule has 6 nitrogen and oxygen atoms in total. The SMILES string of the molecule is COc1ccc2c(c1)CCC[C@@H]2NC(=O)c1cc(C)nc(N)n1. The number of aromatic nitrogens is 2. The van der Waals surface area contributed by atoms with E-state index in [1.165, 1.54) is 5.56 Å². The minimum Gasteiger partial charge on any atom is -0.497 e. The van der Waals surface area contributed by atoms with Crippen molar-refractivity contribution in [3.05, 3.63) is 46.8 Å². The number of methoxy groups -OCH3 is 1. The molecule has 1 aromatic carbocycles. The summed E-state index contributed by atoms with van der Waals surface area (Å²) >= 11 is 0. The van der Waals surface area contributed by atoms with Gasteiger partial charge in [-0.1, -0.05) is 6.07 Å². The number of ether oxygens (including phenoxy) is 1. The predicted octanol–water partition coefficient (Wildman–Crippen LogP) is 2.18. The summed E-state index contributed by atoms with van der Waals surface area (Å²) < 4.78 is 5.27. The summed E-state index contributed by atoms with van der Waals surface area (Å²) in [6, 6.07) is 7.62. The van der Waals surface area contributed by atoms with Crippen LogP contribution < -0.4 is 15.8 Å². The van der Waals surface area contributed by atoms with Crippen molar-refractivity contribution in [1.82, 2.24) is 15.3 Å². The predicted molar refractivity (Wildman–Crippen MR) is 87.3 cm³/mol. The molecule has 1 amide bonds. The van der Waals surface area contributed by atoms with Crippen LogP contribution in [-0.2, 0) is 6.42 Å². The van der Waals surface area contributed by atoms with Crippen LogP contribution in [0.1, 0.15) is 46.2 Å². The molecule has 0 unspecified atom stereocenters. The maximum absolute atomic E-state index is 12.5. The minimum absolute atomic E-state index is 0.0198. The molecule has 0 saturated heterocycles. The van der Waals surface area contributed by atoms with Crippen LogP contribution in [0.4, 0.5) is 5.95 Å². The molecule has 0 aliphatic heterocycles. The van der Waals surface area contributed by atoms with Crippen LogP contribution in [0.5, 0.6) is 5.75 Å². The molecule has 23 heavy (non-hydrogen) atoms. The van der Waals surface area contributed by atoms with Crippen molar-refractivity contribution < 1.29 is 9.53 Å². The average Bonchev–Trinajstić information content (AvgIpc) is 2.53. The van der Waals surface area contributed by atoms with Crippen LogP contribution in [0, 0.1) is 6.92 Å². The first-order valence-electron chi connectivity index (χ1n) is 7.65. The van der Waals surface area contributed by atoms with Crippen LogP contribution in [0.15, 0.2) is 24.3 Å². The van der Waals surface area contributed by atoms with Gasteiger partial charge in [0.05, 0.1) is 13.2 Å². The summed E-state index contributed by atoms with van der Waals surface area (Å²) in [5.41, 5.74) is 8.97. The number of hydrogen-bond donors (Lipinski definition) is 2. The van der Waals surface area contributed by atoms with Crippen molar-refractivity contribution >= 4 is 11.9 Å². The fourth-order valence-corrected chi connectivity index (χ4v) is 3.01. The average molecular weight is 312 g/mol. The Morgan fingerprint density at radius 3 is 2.91 bits per heavy atom. The van der Waals surface area contributed by atoms with Gasteiger partial charge in [-0.05, 0) is 55.5 Å².